The lowest BCUT2D eigenvalue weighted by atomic mass is 10.1. The lowest BCUT2D eigenvalue weighted by molar-refractivity contribution is -0.946. The number of unbranched alkanes of at least 4 members (excludes halogenated alkanes) is 1. The van der Waals surface area contributed by atoms with Crippen LogP contribution in [0.2, 0.25) is 0 Å². The maximum Gasteiger partial charge on any atom is 0.127 e. The van der Waals surface area contributed by atoms with Gasteiger partial charge in [0.15, 0.2) is 0 Å². The minimum atomic E-state index is 0.852. The maximum absolute atomic E-state index is 5.94. The minimum Gasteiger partial charge on any atom is -0.493 e. The molecule has 0 amide bonds. The molecule has 1 aliphatic heterocycles. The maximum atomic E-state index is 5.94. The van der Waals surface area contributed by atoms with Crippen molar-refractivity contribution in [3.8, 4) is 5.75 Å². The molecule has 3 heteroatoms. The molecule has 1 fully saturated rings. The summed E-state index contributed by atoms with van der Waals surface area (Å²) < 4.78 is 5.94. The summed E-state index contributed by atoms with van der Waals surface area (Å²) in [6, 6.07) is 6.34. The lowest BCUT2D eigenvalue weighted by Gasteiger charge is -2.22. The van der Waals surface area contributed by atoms with Crippen LogP contribution in [0, 0.1) is 13.8 Å². The fraction of sp³-hybridized carbons (Fsp3) is 0.625. The van der Waals surface area contributed by atoms with Gasteiger partial charge in [-0.3, -0.25) is 0 Å². The molecule has 0 aromatic heterocycles. The Morgan fingerprint density at radius 3 is 2.47 bits per heavy atom. The molecule has 1 saturated heterocycles. The normalized spacial score (nSPS) is 16.5. The fourth-order valence-corrected chi connectivity index (χ4v) is 2.81. The minimum absolute atomic E-state index is 0.852. The zero-order chi connectivity index (χ0) is 13.5. The summed E-state index contributed by atoms with van der Waals surface area (Å²) >= 11 is 0. The number of hydrogen-bond acceptors (Lipinski definition) is 1. The number of hydrogen-bond donors (Lipinski definition) is 2. The zero-order valence-corrected chi connectivity index (χ0v) is 12.4. The van der Waals surface area contributed by atoms with E-state index in [1.165, 1.54) is 56.7 Å². The molecule has 0 aliphatic carbocycles. The first-order valence-electron chi connectivity index (χ1n) is 7.61. The van der Waals surface area contributed by atoms with Crippen LogP contribution in [0.25, 0.3) is 0 Å². The van der Waals surface area contributed by atoms with Crippen LogP contribution < -0.4 is 15.0 Å². The summed E-state index contributed by atoms with van der Waals surface area (Å²) in [7, 11) is 0. The Balaban J connectivity index is 1.63. The topological polar surface area (TPSA) is 30.3 Å². The van der Waals surface area contributed by atoms with E-state index in [9.17, 15) is 0 Å². The van der Waals surface area contributed by atoms with Crippen molar-refractivity contribution in [2.45, 2.75) is 26.7 Å². The van der Waals surface area contributed by atoms with Crippen molar-refractivity contribution in [1.82, 2.24) is 0 Å². The molecule has 1 heterocycles. The molecular formula is C16H28N2O+2. The molecule has 3 N–H and O–H groups in total. The number of nitrogens with one attached hydrogen (secondary N) is 1. The highest BCUT2D eigenvalue weighted by atomic mass is 16.5. The van der Waals surface area contributed by atoms with Crippen LogP contribution in [0.4, 0.5) is 0 Å². The van der Waals surface area contributed by atoms with Crippen LogP contribution in [0.5, 0.6) is 5.75 Å². The van der Waals surface area contributed by atoms with E-state index in [4.69, 9.17) is 4.74 Å². The van der Waals surface area contributed by atoms with Crippen molar-refractivity contribution >= 4 is 0 Å². The van der Waals surface area contributed by atoms with E-state index in [0.717, 1.165) is 12.4 Å². The third-order valence-electron chi connectivity index (χ3n) is 3.98. The standard InChI is InChI=1S/C16H26N2O/c1-14-6-5-7-15(2)16(14)19-13-4-3-10-18-11-8-17-9-12-18/h5-7,17H,3-4,8-13H2,1-2H3/p+2. The van der Waals surface area contributed by atoms with E-state index < -0.39 is 0 Å². The van der Waals surface area contributed by atoms with Gasteiger partial charge in [-0.25, -0.2) is 0 Å². The van der Waals surface area contributed by atoms with Crippen LogP contribution in [0.1, 0.15) is 24.0 Å². The summed E-state index contributed by atoms with van der Waals surface area (Å²) in [5.74, 6) is 1.09. The van der Waals surface area contributed by atoms with Gasteiger partial charge < -0.3 is 15.0 Å². The van der Waals surface area contributed by atoms with Gasteiger partial charge >= 0.3 is 0 Å². The Kier molecular flexibility index (Phi) is 5.67. The van der Waals surface area contributed by atoms with Crippen LogP contribution in [-0.2, 0) is 0 Å². The summed E-state index contributed by atoms with van der Waals surface area (Å²) in [6.07, 6.45) is 2.45. The molecule has 0 unspecified atom stereocenters. The van der Waals surface area contributed by atoms with Crippen molar-refractivity contribution in [3.05, 3.63) is 29.3 Å². The molecule has 1 aromatic carbocycles. The summed E-state index contributed by atoms with van der Waals surface area (Å²) in [5, 5.41) is 2.42. The molecule has 19 heavy (non-hydrogen) atoms. The lowest BCUT2D eigenvalue weighted by Crippen LogP contribution is -3.20. The van der Waals surface area contributed by atoms with Crippen LogP contribution in [0.3, 0.4) is 0 Å². The molecule has 0 atom stereocenters. The quantitative estimate of drug-likeness (QED) is 0.692. The van der Waals surface area contributed by atoms with Crippen LogP contribution >= 0.6 is 0 Å². The number of para-hydroxylation sites is 1. The van der Waals surface area contributed by atoms with Gasteiger partial charge in [0.25, 0.3) is 0 Å². The number of rotatable bonds is 6. The van der Waals surface area contributed by atoms with E-state index in [-0.39, 0.29) is 0 Å². The Bertz CT molecular complexity index is 366. The number of quaternary nitrogens is 2. The molecular weight excluding hydrogens is 236 g/mol. The molecule has 0 radical (unpaired) electrons. The van der Waals surface area contributed by atoms with Crippen molar-refractivity contribution in [2.75, 3.05) is 39.3 Å². The van der Waals surface area contributed by atoms with Gasteiger partial charge in [-0.15, -0.1) is 0 Å². The SMILES string of the molecule is Cc1cccc(C)c1OCCCC[NH+]1CC[NH2+]CC1. The van der Waals surface area contributed by atoms with E-state index in [2.05, 4.69) is 37.4 Å². The van der Waals surface area contributed by atoms with E-state index in [0.29, 0.717) is 0 Å². The van der Waals surface area contributed by atoms with Crippen molar-refractivity contribution in [2.24, 2.45) is 0 Å². The van der Waals surface area contributed by atoms with Gasteiger partial charge in [-0.1, -0.05) is 18.2 Å². The first kappa shape index (κ1) is 14.4. The van der Waals surface area contributed by atoms with Crippen LogP contribution in [0.15, 0.2) is 18.2 Å². The third kappa shape index (κ3) is 4.51. The van der Waals surface area contributed by atoms with E-state index in [1.54, 1.807) is 4.90 Å². The number of ether oxygens (including phenoxy) is 1. The third-order valence-corrected chi connectivity index (χ3v) is 3.98. The van der Waals surface area contributed by atoms with Gasteiger partial charge in [0.05, 0.1) is 13.2 Å². The van der Waals surface area contributed by atoms with Crippen LogP contribution in [-0.4, -0.2) is 39.3 Å². The predicted octanol–water partition coefficient (Wildman–Crippen LogP) is -0.0757. The summed E-state index contributed by atoms with van der Waals surface area (Å²) in [4.78, 5) is 1.77. The molecule has 1 aromatic rings. The van der Waals surface area contributed by atoms with Gasteiger partial charge in [-0.2, -0.15) is 0 Å². The highest BCUT2D eigenvalue weighted by molar-refractivity contribution is 5.39. The highest BCUT2D eigenvalue weighted by Crippen LogP contribution is 2.22. The summed E-state index contributed by atoms with van der Waals surface area (Å²) in [6.45, 7) is 11.7. The van der Waals surface area contributed by atoms with Crippen molar-refractivity contribution in [3.63, 3.8) is 0 Å². The molecule has 0 saturated carbocycles. The van der Waals surface area contributed by atoms with Gasteiger partial charge in [0.1, 0.15) is 31.9 Å². The fourth-order valence-electron chi connectivity index (χ4n) is 2.81. The first-order valence-corrected chi connectivity index (χ1v) is 7.61. The number of benzene rings is 1. The number of nitrogens with two attached hydrogens (primary N) is 1. The van der Waals surface area contributed by atoms with E-state index >= 15 is 0 Å². The molecule has 106 valence electrons. The Labute approximate surface area is 116 Å². The second-order valence-electron chi connectivity index (χ2n) is 5.64. The number of aryl methyl sites for hydroxylation is 2. The highest BCUT2D eigenvalue weighted by Gasteiger charge is 2.14. The van der Waals surface area contributed by atoms with E-state index in [1.807, 2.05) is 0 Å². The molecule has 1 aliphatic rings. The van der Waals surface area contributed by atoms with Crippen molar-refractivity contribution in [1.29, 1.82) is 0 Å². The second kappa shape index (κ2) is 7.51. The Hall–Kier alpha value is -1.06. The monoisotopic (exact) mass is 264 g/mol. The predicted molar refractivity (Wildman–Crippen MR) is 77.9 cm³/mol. The molecule has 2 rings (SSSR count). The second-order valence-corrected chi connectivity index (χ2v) is 5.64. The molecule has 0 spiro atoms. The first-order chi connectivity index (χ1) is 9.27. The average molecular weight is 264 g/mol. The average Bonchev–Trinajstić information content (AvgIpc) is 2.42. The van der Waals surface area contributed by atoms with Crippen molar-refractivity contribution < 1.29 is 15.0 Å². The summed E-state index contributed by atoms with van der Waals surface area (Å²) in [5.41, 5.74) is 2.49. The van der Waals surface area contributed by atoms with Gasteiger partial charge in [0, 0.05) is 0 Å². The van der Waals surface area contributed by atoms with Gasteiger partial charge in [-0.05, 0) is 37.8 Å². The molecule has 3 nitrogen and oxygen atoms in total. The number of piperazine rings is 1. The Morgan fingerprint density at radius 1 is 1.11 bits per heavy atom. The molecule has 0 bridgehead atoms. The largest absolute Gasteiger partial charge is 0.493 e. The Morgan fingerprint density at radius 2 is 1.79 bits per heavy atom. The smallest absolute Gasteiger partial charge is 0.127 e. The zero-order valence-electron chi connectivity index (χ0n) is 12.4. The van der Waals surface area contributed by atoms with Gasteiger partial charge in [0.2, 0.25) is 0 Å².